The van der Waals surface area contributed by atoms with Crippen molar-refractivity contribution in [1.29, 1.82) is 0 Å². The summed E-state index contributed by atoms with van der Waals surface area (Å²) in [5.41, 5.74) is 1.14. The molecular weight excluding hydrogens is 318 g/mol. The molecule has 0 saturated heterocycles. The first-order valence-electron chi connectivity index (χ1n) is 9.05. The Balaban J connectivity index is 1.66. The van der Waals surface area contributed by atoms with E-state index >= 15 is 0 Å². The lowest BCUT2D eigenvalue weighted by Gasteiger charge is -2.18. The van der Waals surface area contributed by atoms with Gasteiger partial charge in [0, 0.05) is 38.0 Å². The second kappa shape index (κ2) is 9.30. The van der Waals surface area contributed by atoms with Gasteiger partial charge in [-0.25, -0.2) is 4.79 Å². The zero-order valence-electron chi connectivity index (χ0n) is 15.4. The van der Waals surface area contributed by atoms with Crippen LogP contribution in [0.25, 0.3) is 0 Å². The fourth-order valence-corrected chi connectivity index (χ4v) is 3.07. The Bertz CT molecular complexity index is 587. The number of methoxy groups -OCH3 is 1. The molecule has 2 rings (SSSR count). The Morgan fingerprint density at radius 3 is 2.64 bits per heavy atom. The van der Waals surface area contributed by atoms with Gasteiger partial charge in [-0.15, -0.1) is 0 Å². The van der Waals surface area contributed by atoms with Crippen molar-refractivity contribution in [2.24, 2.45) is 0 Å². The van der Waals surface area contributed by atoms with Crippen molar-refractivity contribution in [1.82, 2.24) is 15.5 Å². The molecule has 0 spiro atoms. The number of carbonyl (C=O) groups is 2. The Labute approximate surface area is 149 Å². The van der Waals surface area contributed by atoms with Gasteiger partial charge in [-0.1, -0.05) is 18.2 Å². The molecule has 2 atom stereocenters. The molecular formula is C19H29N3O3. The summed E-state index contributed by atoms with van der Waals surface area (Å²) in [5, 5.41) is 5.82. The van der Waals surface area contributed by atoms with Crippen LogP contribution >= 0.6 is 0 Å². The van der Waals surface area contributed by atoms with Crippen LogP contribution in [0.15, 0.2) is 24.3 Å². The van der Waals surface area contributed by atoms with Crippen molar-refractivity contribution in [3.63, 3.8) is 0 Å². The van der Waals surface area contributed by atoms with Crippen LogP contribution in [-0.4, -0.2) is 49.6 Å². The lowest BCUT2D eigenvalue weighted by Crippen LogP contribution is -2.38. The molecule has 1 aliphatic carbocycles. The molecule has 1 saturated carbocycles. The van der Waals surface area contributed by atoms with Gasteiger partial charge in [0.25, 0.3) is 0 Å². The van der Waals surface area contributed by atoms with Crippen LogP contribution in [0, 0.1) is 0 Å². The SMILES string of the molecule is CCN(CC)C(=O)CCCNC(=O)N[C@@H]1C[C@@H]1c1ccccc1OC. The summed E-state index contributed by atoms with van der Waals surface area (Å²) < 4.78 is 5.38. The molecule has 1 aliphatic rings. The van der Waals surface area contributed by atoms with Gasteiger partial charge >= 0.3 is 6.03 Å². The number of hydrogen-bond donors (Lipinski definition) is 2. The summed E-state index contributed by atoms with van der Waals surface area (Å²) in [6.07, 6.45) is 2.05. The molecule has 0 aliphatic heterocycles. The molecule has 1 aromatic carbocycles. The molecule has 0 bridgehead atoms. The van der Waals surface area contributed by atoms with Crippen LogP contribution in [-0.2, 0) is 4.79 Å². The summed E-state index contributed by atoms with van der Waals surface area (Å²) in [5.74, 6) is 1.32. The third kappa shape index (κ3) is 5.37. The highest BCUT2D eigenvalue weighted by molar-refractivity contribution is 5.76. The van der Waals surface area contributed by atoms with Crippen LogP contribution in [0.4, 0.5) is 4.79 Å². The molecule has 1 fully saturated rings. The van der Waals surface area contributed by atoms with Crippen molar-refractivity contribution in [2.45, 2.75) is 45.1 Å². The first kappa shape index (κ1) is 19.1. The Hall–Kier alpha value is -2.24. The molecule has 6 heteroatoms. The summed E-state index contributed by atoms with van der Waals surface area (Å²) in [6, 6.07) is 7.89. The van der Waals surface area contributed by atoms with Gasteiger partial charge in [-0.2, -0.15) is 0 Å². The highest BCUT2D eigenvalue weighted by Crippen LogP contribution is 2.44. The first-order chi connectivity index (χ1) is 12.1. The molecule has 3 amide bonds. The molecule has 1 aromatic rings. The van der Waals surface area contributed by atoms with Crippen molar-refractivity contribution >= 4 is 11.9 Å². The Morgan fingerprint density at radius 2 is 1.96 bits per heavy atom. The minimum atomic E-state index is -0.169. The number of hydrogen-bond acceptors (Lipinski definition) is 3. The van der Waals surface area contributed by atoms with Crippen molar-refractivity contribution < 1.29 is 14.3 Å². The summed E-state index contributed by atoms with van der Waals surface area (Å²) in [4.78, 5) is 25.7. The average molecular weight is 347 g/mol. The lowest BCUT2D eigenvalue weighted by molar-refractivity contribution is -0.130. The third-order valence-electron chi connectivity index (χ3n) is 4.61. The summed E-state index contributed by atoms with van der Waals surface area (Å²) >= 11 is 0. The van der Waals surface area contributed by atoms with E-state index in [1.54, 1.807) is 7.11 Å². The highest BCUT2D eigenvalue weighted by atomic mass is 16.5. The summed E-state index contributed by atoms with van der Waals surface area (Å²) in [7, 11) is 1.66. The highest BCUT2D eigenvalue weighted by Gasteiger charge is 2.41. The largest absolute Gasteiger partial charge is 0.496 e. The number of urea groups is 1. The second-order valence-corrected chi connectivity index (χ2v) is 6.26. The second-order valence-electron chi connectivity index (χ2n) is 6.26. The number of para-hydroxylation sites is 1. The van der Waals surface area contributed by atoms with E-state index in [2.05, 4.69) is 10.6 Å². The minimum absolute atomic E-state index is 0.144. The van der Waals surface area contributed by atoms with E-state index < -0.39 is 0 Å². The smallest absolute Gasteiger partial charge is 0.315 e. The fraction of sp³-hybridized carbons (Fsp3) is 0.579. The minimum Gasteiger partial charge on any atom is -0.496 e. The van der Waals surface area contributed by atoms with E-state index in [1.165, 1.54) is 0 Å². The molecule has 0 unspecified atom stereocenters. The van der Waals surface area contributed by atoms with Crippen LogP contribution < -0.4 is 15.4 Å². The summed E-state index contributed by atoms with van der Waals surface area (Å²) in [6.45, 7) is 5.91. The molecule has 0 heterocycles. The maximum atomic E-state index is 12.0. The van der Waals surface area contributed by atoms with Crippen LogP contribution in [0.1, 0.15) is 44.6 Å². The fourth-order valence-electron chi connectivity index (χ4n) is 3.07. The number of nitrogens with zero attached hydrogens (tertiary/aromatic N) is 1. The van der Waals surface area contributed by atoms with Crippen LogP contribution in [0.3, 0.4) is 0 Å². The number of benzene rings is 1. The van der Waals surface area contributed by atoms with E-state index in [9.17, 15) is 9.59 Å². The Kier molecular flexibility index (Phi) is 7.10. The maximum absolute atomic E-state index is 12.0. The number of ether oxygens (including phenoxy) is 1. The van der Waals surface area contributed by atoms with E-state index in [1.807, 2.05) is 43.0 Å². The predicted molar refractivity (Wildman–Crippen MR) is 97.8 cm³/mol. The molecule has 25 heavy (non-hydrogen) atoms. The topological polar surface area (TPSA) is 70.7 Å². The van der Waals surface area contributed by atoms with Crippen LogP contribution in [0.2, 0.25) is 0 Å². The third-order valence-corrected chi connectivity index (χ3v) is 4.61. The van der Waals surface area contributed by atoms with E-state index in [0.717, 1.165) is 30.8 Å². The molecule has 0 radical (unpaired) electrons. The number of nitrogens with one attached hydrogen (secondary N) is 2. The molecule has 0 aromatic heterocycles. The lowest BCUT2D eigenvalue weighted by atomic mass is 10.1. The number of rotatable bonds is 9. The van der Waals surface area contributed by atoms with Crippen molar-refractivity contribution in [2.75, 3.05) is 26.7 Å². The van der Waals surface area contributed by atoms with Gasteiger partial charge in [0.2, 0.25) is 5.91 Å². The van der Waals surface area contributed by atoms with Crippen molar-refractivity contribution in [3.8, 4) is 5.75 Å². The molecule has 6 nitrogen and oxygen atoms in total. The number of carbonyl (C=O) groups excluding carboxylic acids is 2. The first-order valence-corrected chi connectivity index (χ1v) is 9.05. The zero-order chi connectivity index (χ0) is 18.2. The standard InChI is InChI=1S/C19H29N3O3/c1-4-22(5-2)18(23)11-8-12-20-19(24)21-16-13-15(16)14-9-6-7-10-17(14)25-3/h6-7,9-10,15-16H,4-5,8,11-13H2,1-3H3,(H2,20,21,24)/t15-,16-/m1/s1. The molecule has 2 N–H and O–H groups in total. The van der Waals surface area contributed by atoms with Crippen LogP contribution in [0.5, 0.6) is 5.75 Å². The average Bonchev–Trinajstić information content (AvgIpc) is 3.38. The van der Waals surface area contributed by atoms with Gasteiger partial charge in [0.15, 0.2) is 0 Å². The Morgan fingerprint density at radius 1 is 1.24 bits per heavy atom. The van der Waals surface area contributed by atoms with Gasteiger partial charge < -0.3 is 20.3 Å². The quantitative estimate of drug-likeness (QED) is 0.674. The molecule has 138 valence electrons. The maximum Gasteiger partial charge on any atom is 0.315 e. The van der Waals surface area contributed by atoms with Gasteiger partial charge in [-0.3, -0.25) is 4.79 Å². The normalized spacial score (nSPS) is 18.4. The van der Waals surface area contributed by atoms with Crippen molar-refractivity contribution in [3.05, 3.63) is 29.8 Å². The van der Waals surface area contributed by atoms with E-state index in [4.69, 9.17) is 4.74 Å². The van der Waals surface area contributed by atoms with E-state index in [-0.39, 0.29) is 18.0 Å². The monoisotopic (exact) mass is 347 g/mol. The number of amides is 3. The van der Waals surface area contributed by atoms with E-state index in [0.29, 0.717) is 25.3 Å². The zero-order valence-corrected chi connectivity index (χ0v) is 15.4. The van der Waals surface area contributed by atoms with Gasteiger partial charge in [0.1, 0.15) is 5.75 Å². The predicted octanol–water partition coefficient (Wildman–Crippen LogP) is 2.50. The van der Waals surface area contributed by atoms with Gasteiger partial charge in [0.05, 0.1) is 7.11 Å². The van der Waals surface area contributed by atoms with Gasteiger partial charge in [-0.05, 0) is 38.3 Å².